The Bertz CT molecular complexity index is 796. The lowest BCUT2D eigenvalue weighted by molar-refractivity contribution is -0.211. The van der Waals surface area contributed by atoms with E-state index in [1.165, 1.54) is 6.08 Å². The summed E-state index contributed by atoms with van der Waals surface area (Å²) in [7, 11) is 1.54. The molecule has 5 atom stereocenters. The maximum atomic E-state index is 12.5. The van der Waals surface area contributed by atoms with Gasteiger partial charge in [0.2, 0.25) is 0 Å². The number of hydrogen-bond acceptors (Lipinski definition) is 7. The fourth-order valence-electron chi connectivity index (χ4n) is 3.72. The summed E-state index contributed by atoms with van der Waals surface area (Å²) in [5.74, 6) is -3.11. The smallest absolute Gasteiger partial charge is 0.332 e. The molecule has 27 heavy (non-hydrogen) atoms. The van der Waals surface area contributed by atoms with E-state index in [1.807, 2.05) is 0 Å². The molecule has 1 aromatic rings. The molecule has 4 rings (SSSR count). The normalized spacial score (nSPS) is 34.1. The lowest BCUT2D eigenvalue weighted by Crippen LogP contribution is -2.34. The summed E-state index contributed by atoms with van der Waals surface area (Å²) in [6.07, 6.45) is -1.30. The van der Waals surface area contributed by atoms with E-state index in [2.05, 4.69) is 0 Å². The lowest BCUT2D eigenvalue weighted by Gasteiger charge is -2.22. The van der Waals surface area contributed by atoms with Crippen LogP contribution in [0.2, 0.25) is 0 Å². The molecule has 3 aliphatic rings. The third-order valence-corrected chi connectivity index (χ3v) is 4.88. The minimum absolute atomic E-state index is 0.100. The molecule has 144 valence electrons. The number of carboxylic acid groups (broad SMARTS) is 1. The monoisotopic (exact) mass is 376 g/mol. The maximum Gasteiger partial charge on any atom is 0.332 e. The van der Waals surface area contributed by atoms with Crippen molar-refractivity contribution in [1.82, 2.24) is 0 Å². The summed E-state index contributed by atoms with van der Waals surface area (Å²) >= 11 is 0. The van der Waals surface area contributed by atoms with Crippen molar-refractivity contribution in [1.29, 1.82) is 0 Å². The third kappa shape index (κ3) is 3.09. The summed E-state index contributed by atoms with van der Waals surface area (Å²) in [4.78, 5) is 24.3. The molecule has 3 aliphatic heterocycles. The van der Waals surface area contributed by atoms with E-state index in [1.54, 1.807) is 45.2 Å². The Morgan fingerprint density at radius 3 is 2.48 bits per heavy atom. The minimum Gasteiger partial charge on any atom is -0.497 e. The molecule has 8 nitrogen and oxygen atoms in total. The number of fused-ring (bicyclic) bond motifs is 3. The van der Waals surface area contributed by atoms with Gasteiger partial charge in [0.1, 0.15) is 17.8 Å². The van der Waals surface area contributed by atoms with Crippen LogP contribution in [0.5, 0.6) is 5.75 Å². The second-order valence-corrected chi connectivity index (χ2v) is 7.13. The number of aliphatic carboxylic acids is 1. The average Bonchev–Trinajstić information content (AvgIpc) is 3.19. The molecule has 1 N–H and O–H groups in total. The highest BCUT2D eigenvalue weighted by atomic mass is 16.8. The predicted octanol–water partition coefficient (Wildman–Crippen LogP) is 1.58. The van der Waals surface area contributed by atoms with Crippen LogP contribution in [0.15, 0.2) is 29.8 Å². The fraction of sp³-hybridized carbons (Fsp3) is 0.474. The fourth-order valence-corrected chi connectivity index (χ4v) is 3.72. The van der Waals surface area contributed by atoms with Gasteiger partial charge in [0.15, 0.2) is 24.3 Å². The van der Waals surface area contributed by atoms with Crippen LogP contribution in [0.3, 0.4) is 0 Å². The number of rotatable bonds is 4. The van der Waals surface area contributed by atoms with E-state index in [0.717, 1.165) is 0 Å². The van der Waals surface area contributed by atoms with E-state index in [-0.39, 0.29) is 5.57 Å². The minimum atomic E-state index is -1.21. The summed E-state index contributed by atoms with van der Waals surface area (Å²) in [5.41, 5.74) is 0.521. The molecule has 0 spiro atoms. The highest BCUT2D eigenvalue weighted by Gasteiger charge is 2.64. The summed E-state index contributed by atoms with van der Waals surface area (Å²) < 4.78 is 27.8. The molecule has 0 radical (unpaired) electrons. The van der Waals surface area contributed by atoms with Crippen LogP contribution in [0.1, 0.15) is 19.4 Å². The van der Waals surface area contributed by atoms with Gasteiger partial charge in [0.05, 0.1) is 12.7 Å². The van der Waals surface area contributed by atoms with Crippen molar-refractivity contribution < 1.29 is 38.4 Å². The van der Waals surface area contributed by atoms with Crippen molar-refractivity contribution in [3.63, 3.8) is 0 Å². The van der Waals surface area contributed by atoms with E-state index in [4.69, 9.17) is 23.7 Å². The van der Waals surface area contributed by atoms with Gasteiger partial charge in [-0.3, -0.25) is 4.79 Å². The number of benzene rings is 1. The van der Waals surface area contributed by atoms with Gasteiger partial charge in [-0.05, 0) is 37.6 Å². The largest absolute Gasteiger partial charge is 0.497 e. The molecule has 3 fully saturated rings. The predicted molar refractivity (Wildman–Crippen MR) is 90.7 cm³/mol. The number of esters is 1. The number of carbonyl (C=O) groups excluding carboxylic acids is 1. The van der Waals surface area contributed by atoms with Crippen molar-refractivity contribution in [3.05, 3.63) is 35.4 Å². The van der Waals surface area contributed by atoms with Crippen molar-refractivity contribution in [2.45, 2.75) is 44.2 Å². The number of hydrogen-bond donors (Lipinski definition) is 1. The summed E-state index contributed by atoms with van der Waals surface area (Å²) in [6, 6.07) is 6.83. The zero-order valence-electron chi connectivity index (χ0n) is 15.1. The number of methoxy groups -OCH3 is 1. The Labute approximate surface area is 155 Å². The van der Waals surface area contributed by atoms with Crippen LogP contribution >= 0.6 is 0 Å². The Morgan fingerprint density at radius 1 is 1.15 bits per heavy atom. The number of carbonyl (C=O) groups is 2. The topological polar surface area (TPSA) is 101 Å². The molecule has 0 aromatic heterocycles. The standard InChI is InChI=1S/C19H20O8/c1-19(2)26-15-14-13(25-18(15)27-19)12(17(22)24-14)11(16(20)21)8-9-4-6-10(23-3)7-5-9/h4-8,12-15,18H,1-3H3,(H,20,21)/b11-8+. The second kappa shape index (κ2) is 6.33. The van der Waals surface area contributed by atoms with Crippen molar-refractivity contribution in [2.24, 2.45) is 5.92 Å². The quantitative estimate of drug-likeness (QED) is 0.624. The first-order valence-electron chi connectivity index (χ1n) is 8.59. The average molecular weight is 376 g/mol. The number of carboxylic acids is 1. The Morgan fingerprint density at radius 2 is 1.85 bits per heavy atom. The van der Waals surface area contributed by atoms with E-state index >= 15 is 0 Å². The van der Waals surface area contributed by atoms with E-state index in [9.17, 15) is 14.7 Å². The van der Waals surface area contributed by atoms with Gasteiger partial charge in [-0.15, -0.1) is 0 Å². The van der Waals surface area contributed by atoms with Crippen LogP contribution in [0.4, 0.5) is 0 Å². The zero-order chi connectivity index (χ0) is 19.3. The van der Waals surface area contributed by atoms with Gasteiger partial charge >= 0.3 is 11.9 Å². The van der Waals surface area contributed by atoms with Crippen LogP contribution in [-0.4, -0.2) is 54.5 Å². The first-order valence-corrected chi connectivity index (χ1v) is 8.59. The van der Waals surface area contributed by atoms with Gasteiger partial charge in [0, 0.05) is 0 Å². The summed E-state index contributed by atoms with van der Waals surface area (Å²) in [5, 5.41) is 9.70. The highest BCUT2D eigenvalue weighted by molar-refractivity contribution is 5.99. The SMILES string of the molecule is COc1ccc(/C=C(/C(=O)O)C2C(=O)OC3C4OC(C)(C)OC4OC23)cc1. The molecular formula is C19H20O8. The first-order chi connectivity index (χ1) is 12.8. The van der Waals surface area contributed by atoms with Gasteiger partial charge in [-0.25, -0.2) is 4.79 Å². The maximum absolute atomic E-state index is 12.5. The van der Waals surface area contributed by atoms with E-state index < -0.39 is 48.2 Å². The second-order valence-electron chi connectivity index (χ2n) is 7.13. The van der Waals surface area contributed by atoms with E-state index in [0.29, 0.717) is 11.3 Å². The molecule has 1 aromatic carbocycles. The van der Waals surface area contributed by atoms with Gasteiger partial charge in [-0.1, -0.05) is 12.1 Å². The molecule has 0 saturated carbocycles. The van der Waals surface area contributed by atoms with Crippen LogP contribution in [0.25, 0.3) is 6.08 Å². The van der Waals surface area contributed by atoms with Crippen molar-refractivity contribution in [2.75, 3.05) is 7.11 Å². The van der Waals surface area contributed by atoms with Crippen LogP contribution < -0.4 is 4.74 Å². The Balaban J connectivity index is 1.63. The van der Waals surface area contributed by atoms with Crippen LogP contribution in [0, 0.1) is 5.92 Å². The van der Waals surface area contributed by atoms with Crippen molar-refractivity contribution in [3.8, 4) is 5.75 Å². The lowest BCUT2D eigenvalue weighted by atomic mass is 9.91. The van der Waals surface area contributed by atoms with Crippen LogP contribution in [-0.2, 0) is 28.5 Å². The molecule has 0 bridgehead atoms. The van der Waals surface area contributed by atoms with Gasteiger partial charge < -0.3 is 28.8 Å². The molecule has 3 saturated heterocycles. The zero-order valence-corrected chi connectivity index (χ0v) is 15.1. The highest BCUT2D eigenvalue weighted by Crippen LogP contribution is 2.46. The number of ether oxygens (including phenoxy) is 5. The molecule has 3 heterocycles. The van der Waals surface area contributed by atoms with Gasteiger partial charge in [-0.2, -0.15) is 0 Å². The molecule has 8 heteroatoms. The Hall–Kier alpha value is -2.42. The van der Waals surface area contributed by atoms with Gasteiger partial charge in [0.25, 0.3) is 0 Å². The molecule has 5 unspecified atom stereocenters. The Kier molecular flexibility index (Phi) is 4.21. The van der Waals surface area contributed by atoms with Crippen molar-refractivity contribution >= 4 is 18.0 Å². The first kappa shape index (κ1) is 18.0. The third-order valence-electron chi connectivity index (χ3n) is 4.88. The summed E-state index contributed by atoms with van der Waals surface area (Å²) in [6.45, 7) is 3.48. The molecule has 0 aliphatic carbocycles. The molecule has 0 amide bonds. The molecular weight excluding hydrogens is 356 g/mol.